The monoisotopic (exact) mass is 749 g/mol. The summed E-state index contributed by atoms with van der Waals surface area (Å²) in [5.41, 5.74) is 2.30. The summed E-state index contributed by atoms with van der Waals surface area (Å²) in [6.07, 6.45) is 5.03. The number of methoxy groups -OCH3 is 2. The van der Waals surface area contributed by atoms with Crippen LogP contribution in [-0.4, -0.2) is 70.6 Å². The van der Waals surface area contributed by atoms with Gasteiger partial charge in [0.1, 0.15) is 23.1 Å². The number of hydrogen-bond donors (Lipinski definition) is 4. The number of anilines is 2. The van der Waals surface area contributed by atoms with Crippen LogP contribution in [0.4, 0.5) is 21.0 Å². The molecule has 1 saturated heterocycles. The van der Waals surface area contributed by atoms with E-state index in [4.69, 9.17) is 9.47 Å². The third-order valence-electron chi connectivity index (χ3n) is 10.6. The zero-order chi connectivity index (χ0) is 37.7. The Labute approximate surface area is 338 Å². The summed E-state index contributed by atoms with van der Waals surface area (Å²) in [6, 6.07) is 16.5. The van der Waals surface area contributed by atoms with Crippen LogP contribution in [0.5, 0.6) is 11.5 Å². The van der Waals surface area contributed by atoms with Crippen molar-refractivity contribution in [2.45, 2.75) is 88.9 Å². The molecule has 13 nitrogen and oxygen atoms in total. The standard InChI is InChI=1S/C40H47N5O8.Na.H/c1-25-9-5-6-10-31(25)43-38(50)41-28-15-13-27(14-16-28)24-44-39(51)45(37(49)40(44)19-7-4-8-20-40)33(21-26-11-12-26)36(48)42-32(23-35(46)47)30-18-17-29(52-2)22-34(30)53-3;;/h5-6,9-10,13-18,22,26,32-33H,4,7-8,11-12,19-21,23-24H2,1-3H3,(H,42,48)(H,46,47)(H2,41,43,50);;/q;+1;-1/t32-,33-;;/m0../s1. The topological polar surface area (TPSA) is 167 Å². The zero-order valence-electron chi connectivity index (χ0n) is 32.4. The molecule has 2 saturated carbocycles. The van der Waals surface area contributed by atoms with Crippen LogP contribution < -0.4 is 55.0 Å². The summed E-state index contributed by atoms with van der Waals surface area (Å²) in [5, 5.41) is 18.4. The minimum absolute atomic E-state index is 0. The summed E-state index contributed by atoms with van der Waals surface area (Å²) in [4.78, 5) is 70.9. The smallest absolute Gasteiger partial charge is 1.00 e. The van der Waals surface area contributed by atoms with E-state index in [0.717, 1.165) is 48.1 Å². The summed E-state index contributed by atoms with van der Waals surface area (Å²) in [7, 11) is 2.95. The number of hydrogen-bond acceptors (Lipinski definition) is 7. The molecule has 1 spiro atoms. The third kappa shape index (κ3) is 9.02. The molecule has 4 N–H and O–H groups in total. The molecule has 0 unspecified atom stereocenters. The molecule has 282 valence electrons. The molecule has 0 bridgehead atoms. The number of ether oxygens (including phenoxy) is 2. The van der Waals surface area contributed by atoms with Gasteiger partial charge in [-0.15, -0.1) is 0 Å². The number of carboxylic acids is 1. The first-order valence-corrected chi connectivity index (χ1v) is 18.1. The van der Waals surface area contributed by atoms with Gasteiger partial charge in [-0.05, 0) is 73.6 Å². The Morgan fingerprint density at radius 1 is 0.944 bits per heavy atom. The van der Waals surface area contributed by atoms with Gasteiger partial charge in [0.05, 0.1) is 26.7 Å². The molecule has 2 aliphatic carbocycles. The van der Waals surface area contributed by atoms with Crippen LogP contribution in [0.1, 0.15) is 81.9 Å². The molecule has 3 aliphatic rings. The number of urea groups is 2. The van der Waals surface area contributed by atoms with Crippen molar-refractivity contribution >= 4 is 41.2 Å². The molecular formula is C40H48N5NaO8. The van der Waals surface area contributed by atoms with Gasteiger partial charge in [-0.2, -0.15) is 0 Å². The van der Waals surface area contributed by atoms with Gasteiger partial charge in [-0.3, -0.25) is 14.4 Å². The van der Waals surface area contributed by atoms with Crippen molar-refractivity contribution in [2.24, 2.45) is 5.92 Å². The Bertz CT molecular complexity index is 1870. The predicted octanol–water partition coefficient (Wildman–Crippen LogP) is 3.74. The Morgan fingerprint density at radius 3 is 2.28 bits per heavy atom. The average Bonchev–Trinajstić information content (AvgIpc) is 3.96. The van der Waals surface area contributed by atoms with Crippen molar-refractivity contribution in [1.29, 1.82) is 0 Å². The van der Waals surface area contributed by atoms with Crippen molar-refractivity contribution in [3.63, 3.8) is 0 Å². The quantitative estimate of drug-likeness (QED) is 0.143. The number of para-hydroxylation sites is 1. The second-order valence-corrected chi connectivity index (χ2v) is 14.2. The zero-order valence-corrected chi connectivity index (χ0v) is 33.4. The van der Waals surface area contributed by atoms with E-state index in [-0.39, 0.29) is 61.8 Å². The van der Waals surface area contributed by atoms with Gasteiger partial charge in [0.15, 0.2) is 0 Å². The number of nitrogens with one attached hydrogen (secondary N) is 3. The summed E-state index contributed by atoms with van der Waals surface area (Å²) in [6.45, 7) is 2.05. The molecule has 1 heterocycles. The molecule has 3 aromatic carbocycles. The van der Waals surface area contributed by atoms with Crippen molar-refractivity contribution in [1.82, 2.24) is 15.1 Å². The number of carboxylic acid groups (broad SMARTS) is 1. The van der Waals surface area contributed by atoms with Crippen LogP contribution in [0, 0.1) is 12.8 Å². The Hall–Kier alpha value is -4.59. The van der Waals surface area contributed by atoms with Crippen molar-refractivity contribution < 1.29 is 69.5 Å². The van der Waals surface area contributed by atoms with E-state index in [1.807, 2.05) is 43.3 Å². The Morgan fingerprint density at radius 2 is 1.65 bits per heavy atom. The summed E-state index contributed by atoms with van der Waals surface area (Å²) >= 11 is 0. The molecule has 6 rings (SSSR count). The minimum atomic E-state index is -1.14. The SMILES string of the molecule is COc1ccc([C@H](CC(=O)O)NC(=O)[C@H](CC2CC2)N2C(=O)N(Cc3ccc(NC(=O)Nc4ccccc4C)cc3)C3(CCCCC3)C2=O)c(OC)c1.[H-].[Na+]. The van der Waals surface area contributed by atoms with Crippen LogP contribution >= 0.6 is 0 Å². The van der Waals surface area contributed by atoms with Gasteiger partial charge >= 0.3 is 47.6 Å². The first-order valence-electron chi connectivity index (χ1n) is 18.1. The fraction of sp³-hybridized carbons (Fsp3) is 0.425. The predicted molar refractivity (Wildman–Crippen MR) is 199 cm³/mol. The first kappa shape index (κ1) is 40.6. The van der Waals surface area contributed by atoms with Gasteiger partial charge in [-0.25, -0.2) is 14.5 Å². The van der Waals surface area contributed by atoms with Crippen molar-refractivity contribution in [2.75, 3.05) is 24.9 Å². The largest absolute Gasteiger partial charge is 1.00 e. The van der Waals surface area contributed by atoms with Gasteiger partial charge in [0, 0.05) is 29.5 Å². The minimum Gasteiger partial charge on any atom is -1.00 e. The van der Waals surface area contributed by atoms with Crippen LogP contribution in [0.2, 0.25) is 0 Å². The summed E-state index contributed by atoms with van der Waals surface area (Å²) < 4.78 is 10.8. The number of aliphatic carboxylic acids is 1. The molecule has 0 aromatic heterocycles. The van der Waals surface area contributed by atoms with Gasteiger partial charge in [0.2, 0.25) is 5.91 Å². The number of carbonyl (C=O) groups is 5. The number of benzene rings is 3. The van der Waals surface area contributed by atoms with E-state index in [2.05, 4.69) is 16.0 Å². The van der Waals surface area contributed by atoms with E-state index >= 15 is 0 Å². The molecule has 54 heavy (non-hydrogen) atoms. The molecule has 3 aromatic rings. The maximum Gasteiger partial charge on any atom is 1.00 e. The van der Waals surface area contributed by atoms with Gasteiger partial charge in [-0.1, -0.05) is 62.4 Å². The fourth-order valence-electron chi connectivity index (χ4n) is 7.51. The third-order valence-corrected chi connectivity index (χ3v) is 10.6. The van der Waals surface area contributed by atoms with Gasteiger partial charge in [0.25, 0.3) is 5.91 Å². The van der Waals surface area contributed by atoms with Gasteiger partial charge < -0.3 is 36.9 Å². The number of nitrogens with zero attached hydrogens (tertiary/aromatic N) is 2. The number of aryl methyl sites for hydroxylation is 1. The maximum absolute atomic E-state index is 14.6. The van der Waals surface area contributed by atoms with E-state index in [0.29, 0.717) is 41.3 Å². The number of amides is 6. The maximum atomic E-state index is 14.6. The van der Waals surface area contributed by atoms with Crippen LogP contribution in [-0.2, 0) is 20.9 Å². The molecule has 0 radical (unpaired) electrons. The summed E-state index contributed by atoms with van der Waals surface area (Å²) in [5.74, 6) is -1.11. The van der Waals surface area contributed by atoms with Crippen LogP contribution in [0.15, 0.2) is 66.7 Å². The molecule has 6 amide bonds. The molecule has 1 aliphatic heterocycles. The van der Waals surface area contributed by atoms with Crippen LogP contribution in [0.3, 0.4) is 0 Å². The normalized spacial score (nSPS) is 17.3. The average molecular weight is 750 g/mol. The van der Waals surface area contributed by atoms with E-state index in [1.165, 1.54) is 14.2 Å². The number of rotatable bonds is 14. The Kier molecular flexibility index (Phi) is 13.3. The molecule has 2 atom stereocenters. The van der Waals surface area contributed by atoms with Crippen molar-refractivity contribution in [3.8, 4) is 11.5 Å². The molecule has 3 fully saturated rings. The van der Waals surface area contributed by atoms with E-state index in [9.17, 15) is 29.1 Å². The molecule has 14 heteroatoms. The first-order chi connectivity index (χ1) is 25.5. The van der Waals surface area contributed by atoms with E-state index in [1.54, 1.807) is 35.2 Å². The molecular weight excluding hydrogens is 701 g/mol. The van der Waals surface area contributed by atoms with Crippen molar-refractivity contribution in [3.05, 3.63) is 83.4 Å². The van der Waals surface area contributed by atoms with Crippen LogP contribution in [0.25, 0.3) is 0 Å². The Balaban J connectivity index is 0.00000336. The number of imide groups is 1. The second-order valence-electron chi connectivity index (χ2n) is 14.2. The fourth-order valence-corrected chi connectivity index (χ4v) is 7.51. The second kappa shape index (κ2) is 17.7. The van der Waals surface area contributed by atoms with E-state index < -0.39 is 42.0 Å². The number of carbonyl (C=O) groups excluding carboxylic acids is 4.